The van der Waals surface area contributed by atoms with Gasteiger partial charge in [0.2, 0.25) is 0 Å². The van der Waals surface area contributed by atoms with Gasteiger partial charge in [0, 0.05) is 12.8 Å². The maximum absolute atomic E-state index is 12.7. The minimum atomic E-state index is -1.62. The van der Waals surface area contributed by atoms with Crippen LogP contribution in [0.5, 0.6) is 0 Å². The SMILES string of the molecule is CC/C=C/C/C=C/C/C=C/C/C=C/C/C=C/C/C=C/CCCC(=O)OCC(CO[C@H]1O[C@@H](CO)[C@@H](O)C(O)C1O)OC(=O)CC/C=C/C/C=C/CCCCCCCC. The van der Waals surface area contributed by atoms with Crippen molar-refractivity contribution < 1.29 is 49.0 Å². The number of hydrogen-bond acceptors (Lipinski definition) is 10. The third-order valence-electron chi connectivity index (χ3n) is 9.22. The molecule has 6 atom stereocenters. The quantitative estimate of drug-likeness (QED) is 0.0281. The Morgan fingerprint density at radius 3 is 1.60 bits per heavy atom. The summed E-state index contributed by atoms with van der Waals surface area (Å²) in [5, 5.41) is 40.0. The standard InChI is InChI=1S/C48H76O10/c1-3-5-7-9-11-13-15-17-18-19-20-21-22-23-25-26-28-30-32-34-36-43(50)55-39-41(40-56-48-47(54)46(53)45(52)42(38-49)58-48)57-44(51)37-35-33-31-29-27-24-16-14-12-10-8-6-4-2/h5,7,11,13,17-18,20-21,23-25,27-28,30-31,33,41-42,45-49,52-54H,3-4,6,8-10,12,14-16,19,22,26,29,32,34-40H2,1-2H3/b7-5+,13-11+,18-17+,21-20+,25-23+,27-24+,30-28+,33-31+/t41?,42-,45+,46?,47?,48-/m0/s1. The summed E-state index contributed by atoms with van der Waals surface area (Å²) < 4.78 is 22.0. The number of ether oxygens (including phenoxy) is 4. The van der Waals surface area contributed by atoms with Crippen LogP contribution in [-0.4, -0.2) is 89.0 Å². The molecule has 1 heterocycles. The van der Waals surface area contributed by atoms with E-state index >= 15 is 0 Å². The Labute approximate surface area is 349 Å². The molecule has 1 fully saturated rings. The molecule has 1 rings (SSSR count). The van der Waals surface area contributed by atoms with Crippen LogP contribution in [0, 0.1) is 0 Å². The third kappa shape index (κ3) is 28.9. The summed E-state index contributed by atoms with van der Waals surface area (Å²) in [5.41, 5.74) is 0. The van der Waals surface area contributed by atoms with Crippen LogP contribution in [-0.2, 0) is 28.5 Å². The first-order chi connectivity index (χ1) is 28.3. The van der Waals surface area contributed by atoms with Crippen LogP contribution in [0.15, 0.2) is 97.2 Å². The monoisotopic (exact) mass is 813 g/mol. The first-order valence-electron chi connectivity index (χ1n) is 21.8. The largest absolute Gasteiger partial charge is 0.462 e. The van der Waals surface area contributed by atoms with Crippen LogP contribution in [0.25, 0.3) is 0 Å². The number of hydrogen-bond donors (Lipinski definition) is 4. The van der Waals surface area contributed by atoms with Crippen molar-refractivity contribution >= 4 is 11.9 Å². The topological polar surface area (TPSA) is 152 Å². The molecule has 0 spiro atoms. The van der Waals surface area contributed by atoms with Gasteiger partial charge in [-0.3, -0.25) is 9.59 Å². The normalized spacial score (nSPS) is 21.1. The lowest BCUT2D eigenvalue weighted by atomic mass is 9.99. The summed E-state index contributed by atoms with van der Waals surface area (Å²) in [7, 11) is 0. The summed E-state index contributed by atoms with van der Waals surface area (Å²) in [6.45, 7) is 3.15. The maximum atomic E-state index is 12.7. The van der Waals surface area contributed by atoms with Crippen LogP contribution in [0.1, 0.15) is 136 Å². The average Bonchev–Trinajstić information content (AvgIpc) is 3.22. The van der Waals surface area contributed by atoms with Crippen LogP contribution < -0.4 is 0 Å². The molecule has 3 unspecified atom stereocenters. The third-order valence-corrected chi connectivity index (χ3v) is 9.22. The van der Waals surface area contributed by atoms with Gasteiger partial charge in [-0.05, 0) is 77.0 Å². The minimum absolute atomic E-state index is 0.106. The highest BCUT2D eigenvalue weighted by Gasteiger charge is 2.44. The van der Waals surface area contributed by atoms with Gasteiger partial charge in [-0.15, -0.1) is 0 Å². The second-order valence-corrected chi connectivity index (χ2v) is 14.4. The predicted molar refractivity (Wildman–Crippen MR) is 233 cm³/mol. The molecule has 10 nitrogen and oxygen atoms in total. The highest BCUT2D eigenvalue weighted by Crippen LogP contribution is 2.22. The van der Waals surface area contributed by atoms with Gasteiger partial charge in [-0.1, -0.05) is 143 Å². The van der Waals surface area contributed by atoms with Gasteiger partial charge >= 0.3 is 11.9 Å². The Morgan fingerprint density at radius 2 is 1.05 bits per heavy atom. The van der Waals surface area contributed by atoms with E-state index in [0.29, 0.717) is 19.3 Å². The summed E-state index contributed by atoms with van der Waals surface area (Å²) in [6, 6.07) is 0. The lowest BCUT2D eigenvalue weighted by molar-refractivity contribution is -0.305. The lowest BCUT2D eigenvalue weighted by Crippen LogP contribution is -2.59. The predicted octanol–water partition coefficient (Wildman–Crippen LogP) is 9.16. The summed E-state index contributed by atoms with van der Waals surface area (Å²) in [6.07, 6.45) is 42.9. The second-order valence-electron chi connectivity index (χ2n) is 14.4. The molecule has 10 heteroatoms. The van der Waals surface area contributed by atoms with E-state index in [1.807, 2.05) is 18.2 Å². The van der Waals surface area contributed by atoms with Crippen molar-refractivity contribution in [1.82, 2.24) is 0 Å². The molecular weight excluding hydrogens is 737 g/mol. The number of carbonyl (C=O) groups is 2. The molecule has 4 N–H and O–H groups in total. The van der Waals surface area contributed by atoms with Crippen LogP contribution >= 0.6 is 0 Å². The fraction of sp³-hybridized carbons (Fsp3) is 0.625. The zero-order chi connectivity index (χ0) is 42.3. The molecule has 1 saturated heterocycles. The van der Waals surface area contributed by atoms with Gasteiger partial charge in [0.1, 0.15) is 31.0 Å². The smallest absolute Gasteiger partial charge is 0.306 e. The number of aliphatic hydroxyl groups is 4. The van der Waals surface area contributed by atoms with Crippen molar-refractivity contribution in [1.29, 1.82) is 0 Å². The molecule has 328 valence electrons. The zero-order valence-corrected chi connectivity index (χ0v) is 35.5. The zero-order valence-electron chi connectivity index (χ0n) is 35.5. The van der Waals surface area contributed by atoms with E-state index in [9.17, 15) is 30.0 Å². The van der Waals surface area contributed by atoms with Gasteiger partial charge in [0.05, 0.1) is 13.2 Å². The van der Waals surface area contributed by atoms with Crippen molar-refractivity contribution in [3.63, 3.8) is 0 Å². The number of carbonyl (C=O) groups excluding carboxylic acids is 2. The van der Waals surface area contributed by atoms with E-state index in [0.717, 1.165) is 51.4 Å². The first kappa shape index (κ1) is 52.6. The van der Waals surface area contributed by atoms with E-state index in [2.05, 4.69) is 92.8 Å². The molecule has 0 aliphatic carbocycles. The molecule has 0 radical (unpaired) electrons. The van der Waals surface area contributed by atoms with Gasteiger partial charge in [0.15, 0.2) is 12.4 Å². The van der Waals surface area contributed by atoms with Gasteiger partial charge < -0.3 is 39.4 Å². The molecule has 0 aromatic heterocycles. The van der Waals surface area contributed by atoms with E-state index in [-0.39, 0.29) is 26.1 Å². The Balaban J connectivity index is 2.42. The molecular formula is C48H76O10. The van der Waals surface area contributed by atoms with Crippen LogP contribution in [0.2, 0.25) is 0 Å². The molecule has 0 aromatic carbocycles. The molecule has 1 aliphatic rings. The highest BCUT2D eigenvalue weighted by atomic mass is 16.7. The van der Waals surface area contributed by atoms with Gasteiger partial charge in [-0.2, -0.15) is 0 Å². The van der Waals surface area contributed by atoms with E-state index in [1.165, 1.54) is 38.5 Å². The molecule has 0 saturated carbocycles. The molecule has 0 amide bonds. The van der Waals surface area contributed by atoms with Crippen LogP contribution in [0.4, 0.5) is 0 Å². The Hall–Kier alpha value is -3.38. The molecule has 0 bridgehead atoms. The maximum Gasteiger partial charge on any atom is 0.306 e. The molecule has 1 aliphatic heterocycles. The highest BCUT2D eigenvalue weighted by molar-refractivity contribution is 5.70. The van der Waals surface area contributed by atoms with E-state index in [1.54, 1.807) is 0 Å². The fourth-order valence-corrected chi connectivity index (χ4v) is 5.78. The number of unbranched alkanes of at least 4 members (excludes halogenated alkanes) is 7. The van der Waals surface area contributed by atoms with Crippen molar-refractivity contribution in [2.45, 2.75) is 173 Å². The average molecular weight is 813 g/mol. The Kier molecular flexibility index (Phi) is 34.4. The number of allylic oxidation sites excluding steroid dienone is 16. The van der Waals surface area contributed by atoms with E-state index < -0.39 is 55.4 Å². The van der Waals surface area contributed by atoms with E-state index in [4.69, 9.17) is 18.9 Å². The van der Waals surface area contributed by atoms with Crippen molar-refractivity contribution in [2.75, 3.05) is 19.8 Å². The minimum Gasteiger partial charge on any atom is -0.462 e. The number of esters is 2. The Morgan fingerprint density at radius 1 is 0.552 bits per heavy atom. The summed E-state index contributed by atoms with van der Waals surface area (Å²) >= 11 is 0. The summed E-state index contributed by atoms with van der Waals surface area (Å²) in [4.78, 5) is 25.2. The van der Waals surface area contributed by atoms with Crippen molar-refractivity contribution in [2.24, 2.45) is 0 Å². The number of rotatable bonds is 34. The van der Waals surface area contributed by atoms with Gasteiger partial charge in [0.25, 0.3) is 0 Å². The molecule has 58 heavy (non-hydrogen) atoms. The molecule has 0 aromatic rings. The lowest BCUT2D eigenvalue weighted by Gasteiger charge is -2.39. The van der Waals surface area contributed by atoms with Crippen molar-refractivity contribution in [3.05, 3.63) is 97.2 Å². The van der Waals surface area contributed by atoms with Crippen molar-refractivity contribution in [3.8, 4) is 0 Å². The fourth-order valence-electron chi connectivity index (χ4n) is 5.78. The van der Waals surface area contributed by atoms with Crippen LogP contribution in [0.3, 0.4) is 0 Å². The second kappa shape index (κ2) is 37.9. The summed E-state index contributed by atoms with van der Waals surface area (Å²) in [5.74, 6) is -0.966. The number of aliphatic hydroxyl groups excluding tert-OH is 4. The Bertz CT molecular complexity index is 1260. The van der Waals surface area contributed by atoms with Gasteiger partial charge in [-0.25, -0.2) is 0 Å². The first-order valence-corrected chi connectivity index (χ1v) is 21.8.